The third-order valence-electron chi connectivity index (χ3n) is 5.05. The molecule has 8 heteroatoms. The van der Waals surface area contributed by atoms with Gasteiger partial charge in [0.1, 0.15) is 24.0 Å². The number of methoxy groups -OCH3 is 2. The van der Waals surface area contributed by atoms with Crippen LogP contribution in [0.2, 0.25) is 0 Å². The van der Waals surface area contributed by atoms with E-state index in [9.17, 15) is 15.3 Å². The lowest BCUT2D eigenvalue weighted by Gasteiger charge is -2.14. The Morgan fingerprint density at radius 3 is 2.46 bits per heavy atom. The van der Waals surface area contributed by atoms with E-state index in [1.165, 1.54) is 13.2 Å². The molecule has 0 heterocycles. The van der Waals surface area contributed by atoms with Gasteiger partial charge in [-0.2, -0.15) is 10.5 Å². The fourth-order valence-electron chi connectivity index (χ4n) is 3.20. The average molecular weight is 579 g/mol. The molecule has 1 N–H and O–H groups in total. The normalized spacial score (nSPS) is 10.6. The van der Waals surface area contributed by atoms with E-state index in [0.717, 1.165) is 20.4 Å². The van der Waals surface area contributed by atoms with Gasteiger partial charge in [0.05, 0.1) is 29.4 Å². The van der Waals surface area contributed by atoms with Crippen LogP contribution in [-0.2, 0) is 17.9 Å². The number of rotatable bonds is 9. The SMILES string of the molecule is COc1ccc(CNC(=O)/C(C#N)=C\c2cc(I)c(OCc3ccccc3C#N)c(OC)c2)cc1. The number of nitrogens with one attached hydrogen (secondary N) is 1. The highest BCUT2D eigenvalue weighted by Crippen LogP contribution is 2.35. The molecule has 35 heavy (non-hydrogen) atoms. The van der Waals surface area contributed by atoms with Gasteiger partial charge >= 0.3 is 0 Å². The first-order valence-corrected chi connectivity index (χ1v) is 11.6. The summed E-state index contributed by atoms with van der Waals surface area (Å²) >= 11 is 2.11. The Morgan fingerprint density at radius 1 is 1.06 bits per heavy atom. The standard InChI is InChI=1S/C27H22IN3O4/c1-33-23-9-7-18(8-10-23)16-31-27(32)22(15-30)11-19-12-24(28)26(25(13-19)34-2)35-17-21-6-4-3-5-20(21)14-29/h3-13H,16-17H2,1-2H3,(H,31,32)/b22-11-. The molecule has 176 valence electrons. The number of carbonyl (C=O) groups is 1. The van der Waals surface area contributed by atoms with Gasteiger partial charge in [-0.1, -0.05) is 30.3 Å². The second-order valence-corrected chi connectivity index (χ2v) is 8.45. The number of hydrogen-bond donors (Lipinski definition) is 1. The molecule has 1 amide bonds. The van der Waals surface area contributed by atoms with Crippen molar-refractivity contribution in [2.75, 3.05) is 14.2 Å². The molecule has 7 nitrogen and oxygen atoms in total. The zero-order valence-corrected chi connectivity index (χ0v) is 21.3. The maximum absolute atomic E-state index is 12.6. The molecule has 3 aromatic rings. The summed E-state index contributed by atoms with van der Waals surface area (Å²) in [4.78, 5) is 12.6. The third-order valence-corrected chi connectivity index (χ3v) is 5.85. The molecule has 0 spiro atoms. The lowest BCUT2D eigenvalue weighted by atomic mass is 10.1. The zero-order chi connectivity index (χ0) is 25.2. The molecule has 0 aliphatic rings. The fraction of sp³-hybridized carbons (Fsp3) is 0.148. The van der Waals surface area contributed by atoms with E-state index in [-0.39, 0.29) is 18.7 Å². The van der Waals surface area contributed by atoms with Crippen molar-refractivity contribution in [3.8, 4) is 29.4 Å². The first-order valence-electron chi connectivity index (χ1n) is 10.5. The van der Waals surface area contributed by atoms with Gasteiger partial charge in [0.2, 0.25) is 0 Å². The highest BCUT2D eigenvalue weighted by atomic mass is 127. The molecule has 0 aliphatic heterocycles. The summed E-state index contributed by atoms with van der Waals surface area (Å²) < 4.78 is 17.3. The minimum atomic E-state index is -0.481. The lowest BCUT2D eigenvalue weighted by Crippen LogP contribution is -2.23. The van der Waals surface area contributed by atoms with Crippen LogP contribution in [0.25, 0.3) is 6.08 Å². The van der Waals surface area contributed by atoms with Crippen LogP contribution in [0.15, 0.2) is 66.2 Å². The minimum Gasteiger partial charge on any atom is -0.497 e. The van der Waals surface area contributed by atoms with E-state index in [1.54, 1.807) is 43.5 Å². The molecule has 3 aromatic carbocycles. The van der Waals surface area contributed by atoms with Gasteiger partial charge in [-0.15, -0.1) is 0 Å². The quantitative estimate of drug-likeness (QED) is 0.218. The predicted molar refractivity (Wildman–Crippen MR) is 140 cm³/mol. The largest absolute Gasteiger partial charge is 0.497 e. The van der Waals surface area contributed by atoms with Crippen LogP contribution in [0.1, 0.15) is 22.3 Å². The van der Waals surface area contributed by atoms with Crippen LogP contribution in [0.5, 0.6) is 17.2 Å². The van der Waals surface area contributed by atoms with Crippen molar-refractivity contribution in [2.45, 2.75) is 13.2 Å². The van der Waals surface area contributed by atoms with Gasteiger partial charge in [-0.3, -0.25) is 4.79 Å². The van der Waals surface area contributed by atoms with Crippen molar-refractivity contribution in [1.82, 2.24) is 5.32 Å². The fourth-order valence-corrected chi connectivity index (χ4v) is 3.99. The van der Waals surface area contributed by atoms with Crippen LogP contribution in [0.3, 0.4) is 0 Å². The molecule has 0 bridgehead atoms. The number of nitrogens with zero attached hydrogens (tertiary/aromatic N) is 2. The van der Waals surface area contributed by atoms with E-state index in [1.807, 2.05) is 30.3 Å². The molecular weight excluding hydrogens is 557 g/mol. The van der Waals surface area contributed by atoms with Gasteiger partial charge in [0.15, 0.2) is 11.5 Å². The summed E-state index contributed by atoms with van der Waals surface area (Å²) in [5.41, 5.74) is 2.77. The second-order valence-electron chi connectivity index (χ2n) is 7.29. The van der Waals surface area contributed by atoms with Crippen molar-refractivity contribution >= 4 is 34.6 Å². The van der Waals surface area contributed by atoms with Crippen molar-refractivity contribution in [3.05, 3.63) is 92.1 Å². The Balaban J connectivity index is 1.75. The summed E-state index contributed by atoms with van der Waals surface area (Å²) in [5, 5.41) is 21.6. The van der Waals surface area contributed by atoms with Crippen LogP contribution < -0.4 is 19.5 Å². The number of ether oxygens (including phenoxy) is 3. The lowest BCUT2D eigenvalue weighted by molar-refractivity contribution is -0.117. The van der Waals surface area contributed by atoms with E-state index in [4.69, 9.17) is 14.2 Å². The number of carbonyl (C=O) groups excluding carboxylic acids is 1. The Morgan fingerprint density at radius 2 is 1.80 bits per heavy atom. The Bertz CT molecular complexity index is 1320. The van der Waals surface area contributed by atoms with Crippen molar-refractivity contribution in [2.24, 2.45) is 0 Å². The minimum absolute atomic E-state index is 0.0343. The number of nitriles is 2. The van der Waals surface area contributed by atoms with Gasteiger partial charge in [0, 0.05) is 12.1 Å². The maximum atomic E-state index is 12.6. The molecule has 0 radical (unpaired) electrons. The molecule has 0 fully saturated rings. The smallest absolute Gasteiger partial charge is 0.262 e. The number of benzene rings is 3. The zero-order valence-electron chi connectivity index (χ0n) is 19.2. The van der Waals surface area contributed by atoms with Crippen LogP contribution >= 0.6 is 22.6 Å². The van der Waals surface area contributed by atoms with E-state index in [2.05, 4.69) is 34.0 Å². The van der Waals surface area contributed by atoms with Crippen molar-refractivity contribution < 1.29 is 19.0 Å². The number of halogens is 1. The second kappa shape index (κ2) is 12.4. The van der Waals surface area contributed by atoms with Gasteiger partial charge in [-0.25, -0.2) is 0 Å². The van der Waals surface area contributed by atoms with E-state index in [0.29, 0.717) is 22.6 Å². The Labute approximate surface area is 217 Å². The molecule has 3 rings (SSSR count). The van der Waals surface area contributed by atoms with Crippen molar-refractivity contribution in [3.63, 3.8) is 0 Å². The summed E-state index contributed by atoms with van der Waals surface area (Å²) in [6.07, 6.45) is 1.50. The van der Waals surface area contributed by atoms with Crippen LogP contribution in [-0.4, -0.2) is 20.1 Å². The highest BCUT2D eigenvalue weighted by molar-refractivity contribution is 14.1. The van der Waals surface area contributed by atoms with Crippen LogP contribution in [0, 0.1) is 26.2 Å². The molecule has 0 aliphatic carbocycles. The number of amides is 1. The van der Waals surface area contributed by atoms with Crippen molar-refractivity contribution in [1.29, 1.82) is 10.5 Å². The van der Waals surface area contributed by atoms with Crippen LogP contribution in [0.4, 0.5) is 0 Å². The first kappa shape index (κ1) is 25.6. The van der Waals surface area contributed by atoms with Gasteiger partial charge in [0.25, 0.3) is 5.91 Å². The Hall–Kier alpha value is -4.02. The molecule has 0 atom stereocenters. The predicted octanol–water partition coefficient (Wildman–Crippen LogP) is 4.98. The summed E-state index contributed by atoms with van der Waals surface area (Å²) in [5.74, 6) is 1.21. The molecule has 0 unspecified atom stereocenters. The first-order chi connectivity index (χ1) is 17.0. The Kier molecular flexibility index (Phi) is 9.10. The molecule has 0 saturated heterocycles. The average Bonchev–Trinajstić information content (AvgIpc) is 2.89. The summed E-state index contributed by atoms with van der Waals surface area (Å²) in [7, 11) is 3.10. The highest BCUT2D eigenvalue weighted by Gasteiger charge is 2.15. The monoisotopic (exact) mass is 579 g/mol. The topological polar surface area (TPSA) is 104 Å². The molecule has 0 aromatic heterocycles. The molecule has 0 saturated carbocycles. The molecular formula is C27H22IN3O4. The number of hydrogen-bond acceptors (Lipinski definition) is 6. The van der Waals surface area contributed by atoms with Gasteiger partial charge < -0.3 is 19.5 Å². The summed E-state index contributed by atoms with van der Waals surface area (Å²) in [6.45, 7) is 0.474. The maximum Gasteiger partial charge on any atom is 0.262 e. The summed E-state index contributed by atoms with van der Waals surface area (Å²) in [6, 6.07) is 22.1. The van der Waals surface area contributed by atoms with E-state index >= 15 is 0 Å². The van der Waals surface area contributed by atoms with Gasteiger partial charge in [-0.05, 0) is 70.1 Å². The van der Waals surface area contributed by atoms with E-state index < -0.39 is 5.91 Å². The third kappa shape index (κ3) is 6.75.